The second-order valence-corrected chi connectivity index (χ2v) is 7.86. The summed E-state index contributed by atoms with van der Waals surface area (Å²) in [6, 6.07) is 12.2. The van der Waals surface area contributed by atoms with Crippen molar-refractivity contribution in [3.05, 3.63) is 59.4 Å². The zero-order valence-corrected chi connectivity index (χ0v) is 17.5. The zero-order chi connectivity index (χ0) is 21.6. The van der Waals surface area contributed by atoms with Crippen LogP contribution >= 0.6 is 0 Å². The maximum Gasteiger partial charge on any atom is 0.305 e. The van der Waals surface area contributed by atoms with E-state index in [1.54, 1.807) is 12.1 Å². The van der Waals surface area contributed by atoms with Gasteiger partial charge in [0.15, 0.2) is 0 Å². The van der Waals surface area contributed by atoms with Crippen LogP contribution in [0.2, 0.25) is 0 Å². The van der Waals surface area contributed by atoms with Gasteiger partial charge < -0.3 is 19.3 Å². The zero-order valence-electron chi connectivity index (χ0n) is 17.5. The third-order valence-electron chi connectivity index (χ3n) is 5.84. The van der Waals surface area contributed by atoms with Gasteiger partial charge in [-0.2, -0.15) is 0 Å². The average Bonchev–Trinajstić information content (AvgIpc) is 2.77. The van der Waals surface area contributed by atoms with Crippen LogP contribution in [0.5, 0.6) is 11.5 Å². The first-order chi connectivity index (χ1) is 14.4. The predicted octanol–water partition coefficient (Wildman–Crippen LogP) is 4.40. The number of carbonyl (C=O) groups excluding carboxylic acids is 1. The van der Waals surface area contributed by atoms with Crippen molar-refractivity contribution < 1.29 is 28.5 Å². The van der Waals surface area contributed by atoms with E-state index in [1.165, 1.54) is 20.3 Å². The normalized spacial score (nSPS) is 21.1. The fourth-order valence-corrected chi connectivity index (χ4v) is 3.93. The molecule has 3 rings (SSSR count). The van der Waals surface area contributed by atoms with Crippen LogP contribution in [0.25, 0.3) is 0 Å². The molecule has 2 aromatic rings. The molecule has 30 heavy (non-hydrogen) atoms. The number of hydrogen-bond donors (Lipinski definition) is 1. The molecule has 6 heteroatoms. The topological polar surface area (TPSA) is 65.0 Å². The summed E-state index contributed by atoms with van der Waals surface area (Å²) in [5, 5.41) is 11.0. The molecule has 0 atom stereocenters. The highest BCUT2D eigenvalue weighted by molar-refractivity contribution is 5.69. The number of aliphatic hydroxyl groups is 1. The first-order valence-corrected chi connectivity index (χ1v) is 10.3. The van der Waals surface area contributed by atoms with E-state index in [4.69, 9.17) is 9.47 Å². The van der Waals surface area contributed by atoms with E-state index in [1.807, 2.05) is 24.3 Å². The second-order valence-electron chi connectivity index (χ2n) is 7.86. The Balaban J connectivity index is 1.53. The van der Waals surface area contributed by atoms with Gasteiger partial charge in [0.2, 0.25) is 0 Å². The number of esters is 1. The summed E-state index contributed by atoms with van der Waals surface area (Å²) in [5.41, 5.74) is 0.145. The van der Waals surface area contributed by atoms with Gasteiger partial charge in [-0.05, 0) is 73.9 Å². The first kappa shape index (κ1) is 22.1. The van der Waals surface area contributed by atoms with Crippen molar-refractivity contribution in [1.29, 1.82) is 0 Å². The maximum absolute atomic E-state index is 14.3. The van der Waals surface area contributed by atoms with Crippen molar-refractivity contribution in [3.8, 4) is 11.5 Å². The fourth-order valence-electron chi connectivity index (χ4n) is 3.93. The van der Waals surface area contributed by atoms with Crippen molar-refractivity contribution in [2.45, 2.75) is 44.1 Å². The molecule has 0 saturated heterocycles. The van der Waals surface area contributed by atoms with Gasteiger partial charge in [0, 0.05) is 12.0 Å². The summed E-state index contributed by atoms with van der Waals surface area (Å²) >= 11 is 0. The quantitative estimate of drug-likeness (QED) is 0.647. The number of methoxy groups -OCH3 is 2. The van der Waals surface area contributed by atoms with Crippen LogP contribution < -0.4 is 9.47 Å². The molecule has 1 saturated carbocycles. The lowest BCUT2D eigenvalue weighted by Gasteiger charge is -2.36. The van der Waals surface area contributed by atoms with Crippen LogP contribution in [-0.4, -0.2) is 31.9 Å². The highest BCUT2D eigenvalue weighted by Crippen LogP contribution is 2.41. The Morgan fingerprint density at radius 2 is 1.90 bits per heavy atom. The lowest BCUT2D eigenvalue weighted by molar-refractivity contribution is -0.140. The molecule has 0 aromatic heterocycles. The van der Waals surface area contributed by atoms with Crippen molar-refractivity contribution in [1.82, 2.24) is 0 Å². The summed E-state index contributed by atoms with van der Waals surface area (Å²) in [4.78, 5) is 11.3. The average molecular weight is 416 g/mol. The van der Waals surface area contributed by atoms with E-state index in [-0.39, 0.29) is 11.9 Å². The number of halogens is 1. The van der Waals surface area contributed by atoms with Gasteiger partial charge >= 0.3 is 5.97 Å². The second kappa shape index (κ2) is 9.94. The molecule has 1 fully saturated rings. The Bertz CT molecular complexity index is 858. The number of hydrogen-bond acceptors (Lipinski definition) is 5. The first-order valence-electron chi connectivity index (χ1n) is 10.3. The highest BCUT2D eigenvalue weighted by atomic mass is 19.1. The van der Waals surface area contributed by atoms with Crippen molar-refractivity contribution in [3.63, 3.8) is 0 Å². The van der Waals surface area contributed by atoms with Crippen LogP contribution in [0.4, 0.5) is 4.39 Å². The molecule has 2 aromatic carbocycles. The van der Waals surface area contributed by atoms with Gasteiger partial charge in [-0.1, -0.05) is 12.1 Å². The molecule has 162 valence electrons. The molecule has 0 heterocycles. The van der Waals surface area contributed by atoms with Crippen molar-refractivity contribution in [2.24, 2.45) is 5.92 Å². The summed E-state index contributed by atoms with van der Waals surface area (Å²) in [7, 11) is 2.91. The molecule has 1 aliphatic rings. The largest absolute Gasteiger partial charge is 0.497 e. The van der Waals surface area contributed by atoms with E-state index in [0.717, 1.165) is 24.2 Å². The monoisotopic (exact) mass is 416 g/mol. The molecule has 0 bridgehead atoms. The standard InChI is InChI=1S/C24H29FO5/c1-28-19-7-8-22(25)21(15-19)24(27)12-10-18(11-13-24)16-30-20-5-3-4-17(14-20)6-9-23(26)29-2/h3-5,7-8,14-15,18,27H,6,9-13,16H2,1-2H3. The van der Waals surface area contributed by atoms with Crippen LogP contribution in [0, 0.1) is 11.7 Å². The molecular weight excluding hydrogens is 387 g/mol. The summed E-state index contributed by atoms with van der Waals surface area (Å²) in [6.07, 6.45) is 3.38. The lowest BCUT2D eigenvalue weighted by Crippen LogP contribution is -2.34. The Morgan fingerprint density at radius 3 is 2.60 bits per heavy atom. The lowest BCUT2D eigenvalue weighted by atomic mass is 9.75. The minimum atomic E-state index is -1.18. The number of carbonyl (C=O) groups is 1. The number of benzene rings is 2. The molecule has 0 radical (unpaired) electrons. The SMILES string of the molecule is COC(=O)CCc1cccc(OCC2CCC(O)(c3cc(OC)ccc3F)CC2)c1. The molecule has 0 unspecified atom stereocenters. The van der Waals surface area contributed by atoms with Gasteiger partial charge in [0.25, 0.3) is 0 Å². The van der Waals surface area contributed by atoms with Crippen LogP contribution in [0.1, 0.15) is 43.2 Å². The van der Waals surface area contributed by atoms with E-state index in [0.29, 0.717) is 43.6 Å². The molecule has 1 N–H and O–H groups in total. The number of ether oxygens (including phenoxy) is 3. The Morgan fingerprint density at radius 1 is 1.13 bits per heavy atom. The van der Waals surface area contributed by atoms with Gasteiger partial charge in [-0.25, -0.2) is 4.39 Å². The maximum atomic E-state index is 14.3. The molecule has 0 aliphatic heterocycles. The van der Waals surface area contributed by atoms with E-state index in [9.17, 15) is 14.3 Å². The van der Waals surface area contributed by atoms with Crippen molar-refractivity contribution in [2.75, 3.05) is 20.8 Å². The van der Waals surface area contributed by atoms with Crippen LogP contribution in [0.3, 0.4) is 0 Å². The smallest absolute Gasteiger partial charge is 0.305 e. The van der Waals surface area contributed by atoms with Gasteiger partial charge in [0.05, 0.1) is 26.4 Å². The minimum absolute atomic E-state index is 0.233. The molecule has 0 amide bonds. The van der Waals surface area contributed by atoms with Gasteiger partial charge in [-0.15, -0.1) is 0 Å². The molecule has 0 spiro atoms. The van der Waals surface area contributed by atoms with Gasteiger partial charge in [0.1, 0.15) is 17.3 Å². The number of rotatable bonds is 8. The molecular formula is C24H29FO5. The Hall–Kier alpha value is -2.60. The molecule has 1 aliphatic carbocycles. The minimum Gasteiger partial charge on any atom is -0.497 e. The van der Waals surface area contributed by atoms with Crippen LogP contribution in [0.15, 0.2) is 42.5 Å². The van der Waals surface area contributed by atoms with Crippen LogP contribution in [-0.2, 0) is 21.6 Å². The predicted molar refractivity (Wildman–Crippen MR) is 111 cm³/mol. The summed E-state index contributed by atoms with van der Waals surface area (Å²) in [5.74, 6) is 0.951. The summed E-state index contributed by atoms with van der Waals surface area (Å²) in [6.45, 7) is 0.539. The van der Waals surface area contributed by atoms with Gasteiger partial charge in [-0.3, -0.25) is 4.79 Å². The van der Waals surface area contributed by atoms with E-state index in [2.05, 4.69) is 4.74 Å². The number of aryl methyl sites for hydroxylation is 1. The third-order valence-corrected chi connectivity index (χ3v) is 5.84. The fraction of sp³-hybridized carbons (Fsp3) is 0.458. The van der Waals surface area contributed by atoms with Crippen molar-refractivity contribution >= 4 is 5.97 Å². The van der Waals surface area contributed by atoms with E-state index >= 15 is 0 Å². The Kier molecular flexibility index (Phi) is 7.32. The Labute approximate surface area is 176 Å². The highest BCUT2D eigenvalue weighted by Gasteiger charge is 2.37. The molecule has 5 nitrogen and oxygen atoms in total. The third kappa shape index (κ3) is 5.51. The van der Waals surface area contributed by atoms with E-state index < -0.39 is 11.4 Å². The summed E-state index contributed by atoms with van der Waals surface area (Å²) < 4.78 is 30.1.